The number of aryl methyl sites for hydroxylation is 1. The normalized spacial score (nSPS) is 18.8. The van der Waals surface area contributed by atoms with Crippen molar-refractivity contribution >= 4 is 68.1 Å². The summed E-state index contributed by atoms with van der Waals surface area (Å²) in [5, 5.41) is 16.6. The van der Waals surface area contributed by atoms with Gasteiger partial charge in [0, 0.05) is 111 Å². The van der Waals surface area contributed by atoms with Crippen LogP contribution in [-0.2, 0) is 34.5 Å². The number of halogens is 1. The van der Waals surface area contributed by atoms with Crippen molar-refractivity contribution in [2.45, 2.75) is 90.1 Å². The molecule has 0 radical (unpaired) electrons. The molecule has 0 bridgehead atoms. The van der Waals surface area contributed by atoms with Gasteiger partial charge in [0.25, 0.3) is 5.91 Å². The molecule has 4 aliphatic rings. The predicted octanol–water partition coefficient (Wildman–Crippen LogP) is 6.62. The Hall–Kier alpha value is -7.71. The molecule has 11 rings (SSSR count). The van der Waals surface area contributed by atoms with Gasteiger partial charge in [-0.3, -0.25) is 39.3 Å². The minimum Gasteiger partial charge on any atom is -0.486 e. The van der Waals surface area contributed by atoms with Gasteiger partial charge in [0.1, 0.15) is 30.4 Å². The molecule has 19 nitrogen and oxygen atoms in total. The summed E-state index contributed by atoms with van der Waals surface area (Å²) in [6, 6.07) is 16.5. The van der Waals surface area contributed by atoms with Crippen molar-refractivity contribution in [3.63, 3.8) is 0 Å². The summed E-state index contributed by atoms with van der Waals surface area (Å²) in [5.41, 5.74) is 12.9. The van der Waals surface area contributed by atoms with E-state index in [4.69, 9.17) is 29.9 Å². The van der Waals surface area contributed by atoms with E-state index in [1.165, 1.54) is 11.0 Å². The number of carbonyl (C=O) groups excluding carboxylic acids is 4. The first-order chi connectivity index (χ1) is 35.7. The number of fused-ring (bicyclic) bond motifs is 3. The lowest BCUT2D eigenvalue weighted by molar-refractivity contribution is -0.120. The standard InChI is InChI=1S/C54H59FN12O7/c1-29-25-64(26-33-8-13-37-43(20-33)63(4)62-51(37)67-17-15-45(69)58-54(67)71)18-19-65(29)52(70)35-9-6-32(7-10-35)28-73-49-47(46-31(3)41(55)23-42-40(46)24-57-61-42)38(34-11-12-34)22-39-48(49)59-53(74-27-30(2)72-5)60-50(39)66-16-14-36(66)21-44(56)68/h6-10,13,20,22-24,29-30,34,36H,11-12,14-19,21,25-28H2,1-5H3,(H2,56,68)(H,57,61)(H,58,69,71)/t29-,30-,36-/m0/s1. The van der Waals surface area contributed by atoms with Crippen LogP contribution in [-0.4, -0.2) is 128 Å². The largest absolute Gasteiger partial charge is 0.486 e. The van der Waals surface area contributed by atoms with Crippen LogP contribution in [0.25, 0.3) is 43.8 Å². The number of hydrogen-bond donors (Lipinski definition) is 3. The van der Waals surface area contributed by atoms with Crippen LogP contribution < -0.4 is 30.3 Å². The zero-order valence-corrected chi connectivity index (χ0v) is 42.1. The van der Waals surface area contributed by atoms with Gasteiger partial charge in [0.15, 0.2) is 11.6 Å². The van der Waals surface area contributed by atoms with Gasteiger partial charge in [-0.05, 0) is 105 Å². The van der Waals surface area contributed by atoms with Gasteiger partial charge in [0.05, 0.1) is 23.3 Å². The number of primary amides is 1. The summed E-state index contributed by atoms with van der Waals surface area (Å²) in [6.45, 7) is 9.47. The maximum atomic E-state index is 16.0. The third-order valence-electron chi connectivity index (χ3n) is 15.0. The molecule has 3 aliphatic heterocycles. The number of amides is 5. The van der Waals surface area contributed by atoms with Gasteiger partial charge in [-0.1, -0.05) is 18.2 Å². The molecule has 3 atom stereocenters. The van der Waals surface area contributed by atoms with Gasteiger partial charge in [-0.15, -0.1) is 0 Å². The Kier molecular flexibility index (Phi) is 12.9. The minimum atomic E-state index is -0.471. The molecular weight excluding hydrogens is 948 g/mol. The van der Waals surface area contributed by atoms with E-state index in [-0.39, 0.29) is 80.3 Å². The number of aromatic amines is 1. The molecule has 6 heterocycles. The zero-order valence-electron chi connectivity index (χ0n) is 42.1. The highest BCUT2D eigenvalue weighted by molar-refractivity contribution is 6.09. The highest BCUT2D eigenvalue weighted by Crippen LogP contribution is 2.53. The third kappa shape index (κ3) is 9.20. The Balaban J connectivity index is 0.862. The van der Waals surface area contributed by atoms with Gasteiger partial charge in [-0.2, -0.15) is 20.2 Å². The first-order valence-corrected chi connectivity index (χ1v) is 25.3. The molecule has 0 unspecified atom stereocenters. The zero-order chi connectivity index (χ0) is 51.5. The van der Waals surface area contributed by atoms with Gasteiger partial charge in [0.2, 0.25) is 11.8 Å². The van der Waals surface area contributed by atoms with Crippen molar-refractivity contribution in [3.05, 3.63) is 94.4 Å². The second kappa shape index (κ2) is 19.6. The van der Waals surface area contributed by atoms with E-state index in [1.807, 2.05) is 55.3 Å². The second-order valence-electron chi connectivity index (χ2n) is 20.1. The molecule has 1 aliphatic carbocycles. The van der Waals surface area contributed by atoms with Crippen molar-refractivity contribution < 1.29 is 37.8 Å². The smallest absolute Gasteiger partial charge is 0.329 e. The Morgan fingerprint density at radius 3 is 2.43 bits per heavy atom. The summed E-state index contributed by atoms with van der Waals surface area (Å²) in [7, 11) is 3.45. The summed E-state index contributed by atoms with van der Waals surface area (Å²) in [6.07, 6.45) is 4.46. The Morgan fingerprint density at radius 1 is 0.919 bits per heavy atom. The Morgan fingerprint density at radius 2 is 1.72 bits per heavy atom. The number of anilines is 2. The summed E-state index contributed by atoms with van der Waals surface area (Å²) in [5.74, 6) is 0.569. The average Bonchev–Trinajstić information content (AvgIpc) is 4.04. The molecule has 0 spiro atoms. The highest BCUT2D eigenvalue weighted by atomic mass is 19.1. The number of hydrogen-bond acceptors (Lipinski definition) is 13. The molecule has 1 saturated carbocycles. The number of ether oxygens (including phenoxy) is 3. The van der Waals surface area contributed by atoms with E-state index in [1.54, 1.807) is 24.9 Å². The highest BCUT2D eigenvalue weighted by Gasteiger charge is 2.37. The molecule has 384 valence electrons. The first kappa shape index (κ1) is 48.6. The number of nitrogens with zero attached hydrogens (tertiary/aromatic N) is 9. The third-order valence-corrected chi connectivity index (χ3v) is 15.0. The minimum absolute atomic E-state index is 0.0618. The number of methoxy groups -OCH3 is 1. The maximum Gasteiger partial charge on any atom is 0.329 e. The second-order valence-corrected chi connectivity index (χ2v) is 20.1. The first-order valence-electron chi connectivity index (χ1n) is 25.3. The number of urea groups is 1. The molecule has 20 heteroatoms. The summed E-state index contributed by atoms with van der Waals surface area (Å²) in [4.78, 5) is 68.6. The van der Waals surface area contributed by atoms with Crippen LogP contribution in [0.3, 0.4) is 0 Å². The fourth-order valence-corrected chi connectivity index (χ4v) is 10.7. The number of nitrogens with two attached hydrogens (primary N) is 1. The predicted molar refractivity (Wildman–Crippen MR) is 276 cm³/mol. The number of aromatic nitrogens is 6. The van der Waals surface area contributed by atoms with Crippen LogP contribution in [0.4, 0.5) is 20.8 Å². The Bertz CT molecular complexity index is 3370. The van der Waals surface area contributed by atoms with Gasteiger partial charge < -0.3 is 29.7 Å². The van der Waals surface area contributed by atoms with Gasteiger partial charge >= 0.3 is 12.0 Å². The average molecular weight is 1010 g/mol. The van der Waals surface area contributed by atoms with E-state index in [0.717, 1.165) is 57.8 Å². The lowest BCUT2D eigenvalue weighted by Gasteiger charge is -2.42. The number of nitrogens with one attached hydrogen (secondary N) is 2. The number of benzene rings is 4. The van der Waals surface area contributed by atoms with Crippen molar-refractivity contribution in [2.75, 3.05) is 56.2 Å². The topological polar surface area (TPSA) is 219 Å². The fourth-order valence-electron chi connectivity index (χ4n) is 10.7. The van der Waals surface area contributed by atoms with Crippen molar-refractivity contribution in [1.82, 2.24) is 45.1 Å². The molecule has 5 amide bonds. The van der Waals surface area contributed by atoms with Gasteiger partial charge in [-0.25, -0.2) is 9.18 Å². The monoisotopic (exact) mass is 1010 g/mol. The van der Waals surface area contributed by atoms with E-state index in [0.29, 0.717) is 83.2 Å². The van der Waals surface area contributed by atoms with Crippen LogP contribution in [0.2, 0.25) is 0 Å². The molecule has 3 saturated heterocycles. The molecule has 3 aromatic heterocycles. The number of carbonyl (C=O) groups is 4. The maximum absolute atomic E-state index is 16.0. The summed E-state index contributed by atoms with van der Waals surface area (Å²) < 4.78 is 36.5. The lowest BCUT2D eigenvalue weighted by Crippen LogP contribution is -2.53. The number of rotatable bonds is 16. The van der Waals surface area contributed by atoms with Crippen molar-refractivity contribution in [2.24, 2.45) is 12.8 Å². The number of imide groups is 1. The molecule has 4 fully saturated rings. The van der Waals surface area contributed by atoms with Crippen LogP contribution in [0.5, 0.6) is 11.8 Å². The van der Waals surface area contributed by atoms with E-state index in [9.17, 15) is 19.2 Å². The fraction of sp³-hybridized carbons (Fsp3) is 0.407. The Labute approximate surface area is 426 Å². The van der Waals surface area contributed by atoms with Crippen LogP contribution >= 0.6 is 0 Å². The molecule has 4 N–H and O–H groups in total. The number of piperazine rings is 1. The van der Waals surface area contributed by atoms with Crippen molar-refractivity contribution in [1.29, 1.82) is 0 Å². The number of H-pyrrole nitrogens is 1. The van der Waals surface area contributed by atoms with E-state index < -0.39 is 11.9 Å². The summed E-state index contributed by atoms with van der Waals surface area (Å²) >= 11 is 0. The SMILES string of the molecule is CO[C@@H](C)COc1nc(N2CC[C@H]2CC(N)=O)c2cc(C3CC3)c(-c3c(C)c(F)cc4[nH]ncc34)c(OCc3ccc(C(=O)N4CCN(Cc5ccc6c(N7CCC(=O)NC7=O)nn(C)c6c5)C[C@@H]4C)cc3)c2n1. The molecule has 7 aromatic rings. The van der Waals surface area contributed by atoms with E-state index in [2.05, 4.69) is 49.5 Å². The van der Waals surface area contributed by atoms with E-state index >= 15 is 4.39 Å². The lowest BCUT2D eigenvalue weighted by atomic mass is 9.88. The molecule has 4 aromatic carbocycles. The van der Waals surface area contributed by atoms with Crippen LogP contribution in [0.15, 0.2) is 60.8 Å². The molecular formula is C54H59FN12O7. The molecule has 74 heavy (non-hydrogen) atoms. The quantitative estimate of drug-likeness (QED) is 0.0928. The van der Waals surface area contributed by atoms with Crippen molar-refractivity contribution in [3.8, 4) is 22.9 Å². The van der Waals surface area contributed by atoms with Crippen LogP contribution in [0.1, 0.15) is 84.5 Å². The van der Waals surface area contributed by atoms with Crippen LogP contribution in [0, 0.1) is 12.7 Å².